The van der Waals surface area contributed by atoms with Crippen LogP contribution < -0.4 is 4.74 Å². The Kier molecular flexibility index (Phi) is 3.99. The predicted octanol–water partition coefficient (Wildman–Crippen LogP) is 3.70. The molecule has 3 heterocycles. The standard InChI is InChI=1S/C19H21N3O/c1-2-10-22(9-1)11-12-23-17-5-3-15(4-6-17)18-13-16-7-8-20-14-19(16)21-18/h3-8,13-14,21H,1-2,9-12H2. The van der Waals surface area contributed by atoms with Gasteiger partial charge in [-0.1, -0.05) is 0 Å². The van der Waals surface area contributed by atoms with Gasteiger partial charge in [-0.2, -0.15) is 0 Å². The molecule has 4 nitrogen and oxygen atoms in total. The van der Waals surface area contributed by atoms with Crippen molar-refractivity contribution in [3.8, 4) is 17.0 Å². The number of hydrogen-bond acceptors (Lipinski definition) is 3. The van der Waals surface area contributed by atoms with Crippen LogP contribution in [0.4, 0.5) is 0 Å². The molecule has 4 heteroatoms. The first-order valence-corrected chi connectivity index (χ1v) is 8.27. The molecule has 1 N–H and O–H groups in total. The lowest BCUT2D eigenvalue weighted by Crippen LogP contribution is -2.25. The lowest BCUT2D eigenvalue weighted by molar-refractivity contribution is 0.238. The smallest absolute Gasteiger partial charge is 0.119 e. The molecule has 3 aromatic rings. The first-order chi connectivity index (χ1) is 11.4. The lowest BCUT2D eigenvalue weighted by atomic mass is 10.1. The van der Waals surface area contributed by atoms with Crippen molar-refractivity contribution in [3.63, 3.8) is 0 Å². The van der Waals surface area contributed by atoms with Crippen LogP contribution in [0.5, 0.6) is 5.75 Å². The Balaban J connectivity index is 1.40. The Morgan fingerprint density at radius 2 is 1.91 bits per heavy atom. The van der Waals surface area contributed by atoms with Crippen molar-refractivity contribution in [1.29, 1.82) is 0 Å². The summed E-state index contributed by atoms with van der Waals surface area (Å²) in [5.41, 5.74) is 3.33. The van der Waals surface area contributed by atoms with Crippen molar-refractivity contribution < 1.29 is 4.74 Å². The molecule has 0 spiro atoms. The molecule has 0 unspecified atom stereocenters. The van der Waals surface area contributed by atoms with Gasteiger partial charge in [0.05, 0.1) is 11.7 Å². The summed E-state index contributed by atoms with van der Waals surface area (Å²) in [5.74, 6) is 0.936. The minimum Gasteiger partial charge on any atom is -0.492 e. The van der Waals surface area contributed by atoms with Crippen LogP contribution in [0.3, 0.4) is 0 Å². The SMILES string of the molecule is c1cc2cc(-c3ccc(OCCN4CCCC4)cc3)[nH]c2cn1. The monoisotopic (exact) mass is 307 g/mol. The zero-order chi connectivity index (χ0) is 15.5. The first kappa shape index (κ1) is 14.3. The fourth-order valence-electron chi connectivity index (χ4n) is 3.16. The van der Waals surface area contributed by atoms with Crippen molar-refractivity contribution in [3.05, 3.63) is 48.8 Å². The normalized spacial score (nSPS) is 15.3. The third-order valence-corrected chi connectivity index (χ3v) is 4.46. The van der Waals surface area contributed by atoms with E-state index in [2.05, 4.69) is 33.1 Å². The molecule has 1 aromatic carbocycles. The number of aromatic amines is 1. The Hall–Kier alpha value is -2.33. The van der Waals surface area contributed by atoms with E-state index in [9.17, 15) is 0 Å². The van der Waals surface area contributed by atoms with Gasteiger partial charge >= 0.3 is 0 Å². The van der Waals surface area contributed by atoms with Gasteiger partial charge in [-0.3, -0.25) is 9.88 Å². The molecule has 0 bridgehead atoms. The minimum absolute atomic E-state index is 0.761. The van der Waals surface area contributed by atoms with E-state index in [1.54, 1.807) is 0 Å². The number of likely N-dealkylation sites (tertiary alicyclic amines) is 1. The third kappa shape index (κ3) is 3.22. The van der Waals surface area contributed by atoms with Gasteiger partial charge in [-0.15, -0.1) is 0 Å². The Morgan fingerprint density at radius 1 is 1.09 bits per heavy atom. The molecule has 0 atom stereocenters. The maximum absolute atomic E-state index is 5.86. The zero-order valence-electron chi connectivity index (χ0n) is 13.2. The number of nitrogens with one attached hydrogen (secondary N) is 1. The van der Waals surface area contributed by atoms with E-state index in [-0.39, 0.29) is 0 Å². The summed E-state index contributed by atoms with van der Waals surface area (Å²) in [6.45, 7) is 4.23. The molecule has 118 valence electrons. The van der Waals surface area contributed by atoms with Crippen LogP contribution in [-0.2, 0) is 0 Å². The number of ether oxygens (including phenoxy) is 1. The van der Waals surface area contributed by atoms with Crippen molar-refractivity contribution in [1.82, 2.24) is 14.9 Å². The van der Waals surface area contributed by atoms with Gasteiger partial charge in [-0.25, -0.2) is 0 Å². The maximum atomic E-state index is 5.86. The summed E-state index contributed by atoms with van der Waals surface area (Å²) in [6, 6.07) is 12.5. The quantitative estimate of drug-likeness (QED) is 0.781. The van der Waals surface area contributed by atoms with Crippen LogP contribution in [0.1, 0.15) is 12.8 Å². The summed E-state index contributed by atoms with van der Waals surface area (Å²) in [7, 11) is 0. The molecule has 0 aliphatic carbocycles. The summed E-state index contributed by atoms with van der Waals surface area (Å²) in [4.78, 5) is 10.0. The van der Waals surface area contributed by atoms with Crippen LogP contribution >= 0.6 is 0 Å². The van der Waals surface area contributed by atoms with E-state index in [1.807, 2.05) is 30.6 Å². The molecular formula is C19H21N3O. The van der Waals surface area contributed by atoms with Gasteiger partial charge < -0.3 is 9.72 Å². The Morgan fingerprint density at radius 3 is 2.70 bits per heavy atom. The third-order valence-electron chi connectivity index (χ3n) is 4.46. The summed E-state index contributed by atoms with van der Waals surface area (Å²) < 4.78 is 5.86. The highest BCUT2D eigenvalue weighted by Gasteiger charge is 2.10. The van der Waals surface area contributed by atoms with E-state index in [4.69, 9.17) is 4.74 Å². The molecule has 0 radical (unpaired) electrons. The maximum Gasteiger partial charge on any atom is 0.119 e. The largest absolute Gasteiger partial charge is 0.492 e. The number of pyridine rings is 1. The van der Waals surface area contributed by atoms with Gasteiger partial charge in [-0.05, 0) is 67.9 Å². The number of hydrogen-bond donors (Lipinski definition) is 1. The fraction of sp³-hybridized carbons (Fsp3) is 0.316. The van der Waals surface area contributed by atoms with Gasteiger partial charge in [0.15, 0.2) is 0 Å². The van der Waals surface area contributed by atoms with Gasteiger partial charge in [0.2, 0.25) is 0 Å². The summed E-state index contributed by atoms with van der Waals surface area (Å²) >= 11 is 0. The highest BCUT2D eigenvalue weighted by Crippen LogP contribution is 2.25. The summed E-state index contributed by atoms with van der Waals surface area (Å²) in [6.07, 6.45) is 6.33. The number of aromatic nitrogens is 2. The molecule has 1 saturated heterocycles. The molecule has 1 aliphatic heterocycles. The van der Waals surface area contributed by atoms with Crippen molar-refractivity contribution >= 4 is 10.9 Å². The highest BCUT2D eigenvalue weighted by molar-refractivity contribution is 5.85. The van der Waals surface area contributed by atoms with Crippen LogP contribution in [0.2, 0.25) is 0 Å². The van der Waals surface area contributed by atoms with Crippen LogP contribution in [0, 0.1) is 0 Å². The highest BCUT2D eigenvalue weighted by atomic mass is 16.5. The Labute approximate surface area is 136 Å². The second kappa shape index (κ2) is 6.42. The van der Waals surface area contributed by atoms with E-state index in [0.29, 0.717) is 0 Å². The number of benzene rings is 1. The van der Waals surface area contributed by atoms with Crippen molar-refractivity contribution in [2.24, 2.45) is 0 Å². The molecule has 0 saturated carbocycles. The molecule has 0 amide bonds. The van der Waals surface area contributed by atoms with Gasteiger partial charge in [0.1, 0.15) is 12.4 Å². The molecule has 1 aliphatic rings. The van der Waals surface area contributed by atoms with Gasteiger partial charge in [0, 0.05) is 23.8 Å². The average molecular weight is 307 g/mol. The number of rotatable bonds is 5. The molecular weight excluding hydrogens is 286 g/mol. The second-order valence-corrected chi connectivity index (χ2v) is 6.07. The molecule has 2 aromatic heterocycles. The number of fused-ring (bicyclic) bond motifs is 1. The number of nitrogens with zero attached hydrogens (tertiary/aromatic N) is 2. The van der Waals surface area contributed by atoms with E-state index >= 15 is 0 Å². The van der Waals surface area contributed by atoms with Crippen LogP contribution in [0.25, 0.3) is 22.2 Å². The van der Waals surface area contributed by atoms with Crippen molar-refractivity contribution in [2.45, 2.75) is 12.8 Å². The van der Waals surface area contributed by atoms with Crippen LogP contribution in [-0.4, -0.2) is 41.1 Å². The first-order valence-electron chi connectivity index (χ1n) is 8.27. The molecule has 1 fully saturated rings. The fourth-order valence-corrected chi connectivity index (χ4v) is 3.16. The lowest BCUT2D eigenvalue weighted by Gasteiger charge is -2.14. The second-order valence-electron chi connectivity index (χ2n) is 6.07. The van der Waals surface area contributed by atoms with E-state index in [1.165, 1.54) is 31.3 Å². The minimum atomic E-state index is 0.761. The van der Waals surface area contributed by atoms with Crippen LogP contribution in [0.15, 0.2) is 48.8 Å². The zero-order valence-corrected chi connectivity index (χ0v) is 13.2. The predicted molar refractivity (Wildman–Crippen MR) is 92.7 cm³/mol. The van der Waals surface area contributed by atoms with Crippen molar-refractivity contribution in [2.75, 3.05) is 26.2 Å². The summed E-state index contributed by atoms with van der Waals surface area (Å²) in [5, 5.41) is 1.18. The molecule has 23 heavy (non-hydrogen) atoms. The molecule has 4 rings (SSSR count). The van der Waals surface area contributed by atoms with E-state index in [0.717, 1.165) is 35.7 Å². The Bertz CT molecular complexity index is 740. The van der Waals surface area contributed by atoms with E-state index < -0.39 is 0 Å². The topological polar surface area (TPSA) is 41.1 Å². The average Bonchev–Trinajstić information content (AvgIpc) is 3.24. The number of H-pyrrole nitrogens is 1. The van der Waals surface area contributed by atoms with Gasteiger partial charge in [0.25, 0.3) is 0 Å².